The maximum Gasteiger partial charge on any atom is 0.259 e. The van der Waals surface area contributed by atoms with Gasteiger partial charge in [0.25, 0.3) is 11.8 Å². The average molecular weight is 1050 g/mol. The van der Waals surface area contributed by atoms with Gasteiger partial charge in [0.2, 0.25) is 0 Å². The number of anilines is 2. The fraction of sp³-hybridized carbons (Fsp3) is 0.625. The van der Waals surface area contributed by atoms with Crippen molar-refractivity contribution < 1.29 is 28.5 Å². The highest BCUT2D eigenvalue weighted by molar-refractivity contribution is 7.14. The number of benzene rings is 2. The van der Waals surface area contributed by atoms with Crippen molar-refractivity contribution in [1.29, 1.82) is 0 Å². The minimum atomic E-state index is -0.0466. The number of thiophene rings is 2. The predicted octanol–water partition coefficient (Wildman–Crippen LogP) is 18.5. The van der Waals surface area contributed by atoms with Crippen molar-refractivity contribution in [2.24, 2.45) is 11.8 Å². The molecule has 2 amide bonds. The maximum absolute atomic E-state index is 15.8. The van der Waals surface area contributed by atoms with Gasteiger partial charge in [-0.1, -0.05) is 206 Å². The van der Waals surface area contributed by atoms with E-state index in [1.54, 1.807) is 22.7 Å². The van der Waals surface area contributed by atoms with Gasteiger partial charge in [0.1, 0.15) is 26.4 Å². The molecule has 0 fully saturated rings. The molecule has 2 aromatic carbocycles. The van der Waals surface area contributed by atoms with Crippen molar-refractivity contribution >= 4 is 57.0 Å². The lowest BCUT2D eigenvalue weighted by Crippen LogP contribution is -2.34. The van der Waals surface area contributed by atoms with Crippen molar-refractivity contribution in [3.63, 3.8) is 0 Å². The number of unbranched alkanes of at least 4 members (excludes halogenated alkanes) is 20. The van der Waals surface area contributed by atoms with Crippen LogP contribution in [0.25, 0.3) is 32.0 Å². The van der Waals surface area contributed by atoms with Gasteiger partial charge in [0, 0.05) is 35.0 Å². The molecule has 74 heavy (non-hydrogen) atoms. The molecule has 0 aliphatic carbocycles. The summed E-state index contributed by atoms with van der Waals surface area (Å²) in [5.74, 6) is 3.77. The Balaban J connectivity index is 1.18. The Morgan fingerprint density at radius 2 is 0.757 bits per heavy atom. The lowest BCUT2D eigenvalue weighted by molar-refractivity contribution is -0.114. The van der Waals surface area contributed by atoms with Gasteiger partial charge in [-0.2, -0.15) is 0 Å². The van der Waals surface area contributed by atoms with E-state index in [0.29, 0.717) is 62.5 Å². The first-order valence-corrected chi connectivity index (χ1v) is 31.6. The third kappa shape index (κ3) is 14.2. The molecule has 4 aliphatic heterocycles. The van der Waals surface area contributed by atoms with Crippen LogP contribution in [0.3, 0.4) is 0 Å². The van der Waals surface area contributed by atoms with E-state index in [4.69, 9.17) is 18.9 Å². The minimum Gasteiger partial charge on any atom is -0.485 e. The van der Waals surface area contributed by atoms with Crippen LogP contribution in [-0.4, -0.2) is 51.3 Å². The first-order valence-electron chi connectivity index (χ1n) is 29.9. The molecule has 8 rings (SSSR count). The summed E-state index contributed by atoms with van der Waals surface area (Å²) in [6.45, 7) is 12.5. The second-order valence-electron chi connectivity index (χ2n) is 21.9. The molecule has 0 bridgehead atoms. The van der Waals surface area contributed by atoms with Crippen molar-refractivity contribution in [3.05, 3.63) is 58.3 Å². The number of carbonyl (C=O) groups is 2. The van der Waals surface area contributed by atoms with Gasteiger partial charge in [-0.15, -0.1) is 22.7 Å². The summed E-state index contributed by atoms with van der Waals surface area (Å²) in [7, 11) is 0. The van der Waals surface area contributed by atoms with Crippen LogP contribution >= 0.6 is 22.7 Å². The molecule has 10 heteroatoms. The van der Waals surface area contributed by atoms with Gasteiger partial charge < -0.3 is 28.7 Å². The smallest absolute Gasteiger partial charge is 0.259 e. The van der Waals surface area contributed by atoms with Gasteiger partial charge >= 0.3 is 0 Å². The van der Waals surface area contributed by atoms with Crippen LogP contribution in [-0.2, 0) is 9.59 Å². The summed E-state index contributed by atoms with van der Waals surface area (Å²) in [5.41, 5.74) is 6.63. The number of hydrogen-bond donors (Lipinski definition) is 0. The van der Waals surface area contributed by atoms with Gasteiger partial charge in [0.15, 0.2) is 23.0 Å². The molecule has 8 nitrogen and oxygen atoms in total. The summed E-state index contributed by atoms with van der Waals surface area (Å²) in [5, 5.41) is 4.08. The second kappa shape index (κ2) is 29.3. The van der Waals surface area contributed by atoms with E-state index in [1.807, 2.05) is 10.8 Å². The van der Waals surface area contributed by atoms with E-state index in [-0.39, 0.29) is 11.8 Å². The lowest BCUT2D eigenvalue weighted by Gasteiger charge is -2.25. The van der Waals surface area contributed by atoms with Gasteiger partial charge in [-0.05, 0) is 60.8 Å². The Kier molecular flexibility index (Phi) is 22.1. The molecule has 0 unspecified atom stereocenters. The summed E-state index contributed by atoms with van der Waals surface area (Å²) in [4.78, 5) is 37.9. The molecular weight excluding hydrogens is 957 g/mol. The van der Waals surface area contributed by atoms with Crippen LogP contribution in [0.2, 0.25) is 0 Å². The first kappa shape index (κ1) is 55.9. The summed E-state index contributed by atoms with van der Waals surface area (Å²) in [6, 6.07) is 12.9. The van der Waals surface area contributed by atoms with Crippen molar-refractivity contribution in [3.8, 4) is 43.9 Å². The molecule has 0 saturated heterocycles. The van der Waals surface area contributed by atoms with E-state index < -0.39 is 0 Å². The molecule has 4 aromatic rings. The van der Waals surface area contributed by atoms with Crippen LogP contribution in [0.5, 0.6) is 23.0 Å². The standard InChI is InChI=1S/C64H90N2O6S2/c1-5-9-13-17-21-25-29-47(30-26-22-18-14-10-6-2)43-65-53-41-49(61-59-55(45-73-61)69-37-39-71-59)33-35-51(53)57(63(65)67)58-52-36-34-50(62-60-56(46-74-62)70-38-40-72-60)42-54(52)66(64(58)68)44-48(31-27-23-19-15-11-7-3)32-28-24-20-16-12-8-4/h33-36,41-42,45-48H,5-32,37-40,43-44H2,1-4H3/b58-57+. The van der Waals surface area contributed by atoms with Crippen molar-refractivity contribution in [2.45, 2.75) is 207 Å². The highest BCUT2D eigenvalue weighted by atomic mass is 32.1. The highest BCUT2D eigenvalue weighted by Crippen LogP contribution is 2.53. The Hall–Kier alpha value is -4.28. The van der Waals surface area contributed by atoms with Gasteiger partial charge in [-0.25, -0.2) is 0 Å². The quantitative estimate of drug-likeness (QED) is 0.0343. The third-order valence-corrected chi connectivity index (χ3v) is 18.1. The van der Waals surface area contributed by atoms with Crippen LogP contribution in [0.4, 0.5) is 11.4 Å². The average Bonchev–Trinajstić information content (AvgIpc) is 4.19. The van der Waals surface area contributed by atoms with Crippen molar-refractivity contribution in [2.75, 3.05) is 49.3 Å². The monoisotopic (exact) mass is 1050 g/mol. The SMILES string of the molecule is CCCCCCCCC(CCCCCCCC)CN1C(=O)/C(=C2/C(=O)N(CC(CCCCCCCC)CCCCCCCC)c3cc(-c4scc5c4OCCO5)ccc32)c2ccc(-c3scc4c3OCCO4)cc21. The topological polar surface area (TPSA) is 77.5 Å². The van der Waals surface area contributed by atoms with Gasteiger partial charge in [-0.3, -0.25) is 9.59 Å². The fourth-order valence-corrected chi connectivity index (χ4v) is 13.8. The van der Waals surface area contributed by atoms with Crippen LogP contribution < -0.4 is 28.7 Å². The third-order valence-electron chi connectivity index (χ3n) is 16.2. The van der Waals surface area contributed by atoms with E-state index in [0.717, 1.165) is 92.1 Å². The largest absolute Gasteiger partial charge is 0.485 e. The molecule has 0 saturated carbocycles. The molecule has 404 valence electrons. The summed E-state index contributed by atoms with van der Waals surface area (Å²) < 4.78 is 24.5. The number of fused-ring (bicyclic) bond motifs is 4. The summed E-state index contributed by atoms with van der Waals surface area (Å²) >= 11 is 3.26. The maximum atomic E-state index is 15.8. The first-order chi connectivity index (χ1) is 36.4. The van der Waals surface area contributed by atoms with E-state index in [2.05, 4.69) is 73.9 Å². The molecule has 0 radical (unpaired) electrons. The predicted molar refractivity (Wildman–Crippen MR) is 312 cm³/mol. The zero-order valence-electron chi connectivity index (χ0n) is 46.0. The zero-order chi connectivity index (χ0) is 51.5. The zero-order valence-corrected chi connectivity index (χ0v) is 47.6. The Labute approximate surface area is 454 Å². The molecule has 0 N–H and O–H groups in total. The molecule has 0 spiro atoms. The van der Waals surface area contributed by atoms with Crippen LogP contribution in [0.15, 0.2) is 47.2 Å². The van der Waals surface area contributed by atoms with Crippen LogP contribution in [0.1, 0.15) is 219 Å². The summed E-state index contributed by atoms with van der Waals surface area (Å²) in [6.07, 6.45) is 34.5. The normalized spacial score (nSPS) is 15.9. The number of rotatable bonds is 34. The van der Waals surface area contributed by atoms with Gasteiger partial charge in [0.05, 0.1) is 32.3 Å². The number of nitrogens with zero attached hydrogens (tertiary/aromatic N) is 2. The second-order valence-corrected chi connectivity index (χ2v) is 23.7. The molecule has 6 heterocycles. The molecular formula is C64H90N2O6S2. The number of amides is 2. The Morgan fingerprint density at radius 3 is 1.11 bits per heavy atom. The minimum absolute atomic E-state index is 0.0466. The number of carbonyl (C=O) groups excluding carboxylic acids is 2. The Morgan fingerprint density at radius 1 is 0.432 bits per heavy atom. The molecule has 0 atom stereocenters. The lowest BCUT2D eigenvalue weighted by atomic mass is 9.93. The van der Waals surface area contributed by atoms with E-state index in [9.17, 15) is 0 Å². The number of ether oxygens (including phenoxy) is 4. The highest BCUT2D eigenvalue weighted by Gasteiger charge is 2.44. The van der Waals surface area contributed by atoms with E-state index >= 15 is 9.59 Å². The number of hydrogen-bond acceptors (Lipinski definition) is 8. The van der Waals surface area contributed by atoms with Crippen molar-refractivity contribution in [1.82, 2.24) is 0 Å². The van der Waals surface area contributed by atoms with Crippen LogP contribution in [0, 0.1) is 11.8 Å². The molecule has 4 aliphatic rings. The van der Waals surface area contributed by atoms with E-state index in [1.165, 1.54) is 154 Å². The fourth-order valence-electron chi connectivity index (χ4n) is 11.9. The Bertz CT molecular complexity index is 2240. The molecule has 2 aromatic heterocycles.